The molecule has 0 heterocycles. The van der Waals surface area contributed by atoms with E-state index in [1.165, 1.54) is 0 Å². The maximum atomic E-state index is 11.1. The first-order valence-electron chi connectivity index (χ1n) is 5.18. The number of unbranched alkanes of at least 4 members (excludes halogenated alkanes) is 1. The molecule has 0 saturated heterocycles. The van der Waals surface area contributed by atoms with Gasteiger partial charge in [0, 0.05) is 6.42 Å². The van der Waals surface area contributed by atoms with Crippen molar-refractivity contribution in [1.82, 2.24) is 0 Å². The first kappa shape index (κ1) is 14.9. The zero-order valence-electron chi connectivity index (χ0n) is 9.22. The average molecular weight is 234 g/mol. The fourth-order valence-corrected chi connectivity index (χ4v) is 1.53. The Morgan fingerprint density at radius 3 is 2.06 bits per heavy atom. The third-order valence-corrected chi connectivity index (χ3v) is 2.68. The summed E-state index contributed by atoms with van der Waals surface area (Å²) in [5.74, 6) is -2.51. The van der Waals surface area contributed by atoms with Crippen molar-refractivity contribution in [3.8, 4) is 0 Å². The van der Waals surface area contributed by atoms with Gasteiger partial charge in [0.2, 0.25) is 0 Å². The van der Waals surface area contributed by atoms with Crippen LogP contribution < -0.4 is 0 Å². The van der Waals surface area contributed by atoms with Crippen LogP contribution in [0.3, 0.4) is 0 Å². The number of carboxylic acid groups (broad SMARTS) is 2. The molecule has 0 aliphatic heterocycles. The molecule has 0 aromatic carbocycles. The Morgan fingerprint density at radius 1 is 1.19 bits per heavy atom. The number of rotatable bonds is 8. The number of hydrogen-bond acceptors (Lipinski definition) is 4. The summed E-state index contributed by atoms with van der Waals surface area (Å²) >= 11 is 0. The lowest BCUT2D eigenvalue weighted by Crippen LogP contribution is -2.43. The van der Waals surface area contributed by atoms with Gasteiger partial charge < -0.3 is 20.4 Å². The maximum absolute atomic E-state index is 11.1. The molecule has 0 bridgehead atoms. The number of aliphatic hydroxyl groups is 2. The Labute approximate surface area is 93.5 Å². The maximum Gasteiger partial charge on any atom is 0.314 e. The summed E-state index contributed by atoms with van der Waals surface area (Å²) in [5, 5.41) is 35.8. The lowest BCUT2D eigenvalue weighted by molar-refractivity contribution is -0.185. The van der Waals surface area contributed by atoms with Crippen LogP contribution >= 0.6 is 0 Å². The fraction of sp³-hybridized carbons (Fsp3) is 0.800. The van der Waals surface area contributed by atoms with Gasteiger partial charge in [-0.3, -0.25) is 9.59 Å². The highest BCUT2D eigenvalue weighted by Crippen LogP contribution is 2.34. The van der Waals surface area contributed by atoms with E-state index >= 15 is 0 Å². The second-order valence-electron chi connectivity index (χ2n) is 3.83. The molecule has 1 unspecified atom stereocenters. The van der Waals surface area contributed by atoms with Crippen LogP contribution in [0.2, 0.25) is 0 Å². The molecular formula is C10H18O6. The molecule has 1 atom stereocenters. The fourth-order valence-electron chi connectivity index (χ4n) is 1.53. The SMILES string of the molecule is CCCCC(CCC(=O)O)(C(=O)O)C(O)O. The second kappa shape index (κ2) is 6.44. The van der Waals surface area contributed by atoms with Gasteiger partial charge in [0.1, 0.15) is 5.41 Å². The van der Waals surface area contributed by atoms with Gasteiger partial charge in [-0.2, -0.15) is 0 Å². The van der Waals surface area contributed by atoms with Gasteiger partial charge in [0.25, 0.3) is 0 Å². The van der Waals surface area contributed by atoms with Gasteiger partial charge in [0.05, 0.1) is 0 Å². The number of carboxylic acids is 2. The Balaban J connectivity index is 4.79. The van der Waals surface area contributed by atoms with Crippen LogP contribution in [0.1, 0.15) is 39.0 Å². The molecule has 0 amide bonds. The van der Waals surface area contributed by atoms with E-state index in [1.807, 2.05) is 6.92 Å². The lowest BCUT2D eigenvalue weighted by atomic mass is 9.78. The minimum atomic E-state index is -2.05. The third-order valence-electron chi connectivity index (χ3n) is 2.68. The molecule has 16 heavy (non-hydrogen) atoms. The number of aliphatic carboxylic acids is 2. The summed E-state index contributed by atoms with van der Waals surface area (Å²) in [7, 11) is 0. The summed E-state index contributed by atoms with van der Waals surface area (Å²) in [6.07, 6.45) is -1.46. The van der Waals surface area contributed by atoms with Gasteiger partial charge in [-0.05, 0) is 12.8 Å². The van der Waals surface area contributed by atoms with Crippen molar-refractivity contribution < 1.29 is 30.0 Å². The van der Waals surface area contributed by atoms with Crippen molar-refractivity contribution in [2.45, 2.75) is 45.3 Å². The molecule has 0 aromatic rings. The molecular weight excluding hydrogens is 216 g/mol. The van der Waals surface area contributed by atoms with Crippen molar-refractivity contribution in [2.24, 2.45) is 5.41 Å². The van der Waals surface area contributed by atoms with Crippen molar-refractivity contribution >= 4 is 11.9 Å². The average Bonchev–Trinajstić information content (AvgIpc) is 2.17. The van der Waals surface area contributed by atoms with Crippen LogP contribution in [-0.2, 0) is 9.59 Å². The van der Waals surface area contributed by atoms with Crippen molar-refractivity contribution in [3.63, 3.8) is 0 Å². The van der Waals surface area contributed by atoms with Gasteiger partial charge in [0.15, 0.2) is 6.29 Å². The zero-order chi connectivity index (χ0) is 12.8. The predicted molar refractivity (Wildman–Crippen MR) is 54.7 cm³/mol. The van der Waals surface area contributed by atoms with Crippen molar-refractivity contribution in [1.29, 1.82) is 0 Å². The van der Waals surface area contributed by atoms with E-state index in [0.29, 0.717) is 12.8 Å². The first-order chi connectivity index (χ1) is 7.36. The predicted octanol–water partition coefficient (Wildman–Crippen LogP) is 0.423. The molecule has 0 spiro atoms. The zero-order valence-corrected chi connectivity index (χ0v) is 9.22. The summed E-state index contributed by atoms with van der Waals surface area (Å²) in [5.41, 5.74) is -1.77. The molecule has 0 rings (SSSR count). The minimum Gasteiger partial charge on any atom is -0.481 e. The van der Waals surface area contributed by atoms with Crippen LogP contribution in [0.25, 0.3) is 0 Å². The lowest BCUT2D eigenvalue weighted by Gasteiger charge is -2.30. The summed E-state index contributed by atoms with van der Waals surface area (Å²) < 4.78 is 0. The highest BCUT2D eigenvalue weighted by molar-refractivity contribution is 5.76. The Kier molecular flexibility index (Phi) is 5.98. The van der Waals surface area contributed by atoms with Gasteiger partial charge in [-0.15, -0.1) is 0 Å². The molecule has 0 aromatic heterocycles. The molecule has 94 valence electrons. The molecule has 0 aliphatic rings. The van der Waals surface area contributed by atoms with E-state index in [1.54, 1.807) is 0 Å². The monoisotopic (exact) mass is 234 g/mol. The summed E-state index contributed by atoms with van der Waals surface area (Å²) in [6.45, 7) is 1.84. The highest BCUT2D eigenvalue weighted by atomic mass is 16.5. The van der Waals surface area contributed by atoms with Crippen LogP contribution in [0.4, 0.5) is 0 Å². The number of hydrogen-bond donors (Lipinski definition) is 4. The molecule has 0 aliphatic carbocycles. The largest absolute Gasteiger partial charge is 0.481 e. The summed E-state index contributed by atoms with van der Waals surface area (Å²) in [4.78, 5) is 21.5. The molecule has 0 radical (unpaired) electrons. The second-order valence-corrected chi connectivity index (χ2v) is 3.83. The normalized spacial score (nSPS) is 14.8. The van der Waals surface area contributed by atoms with E-state index < -0.39 is 30.1 Å². The van der Waals surface area contributed by atoms with E-state index in [9.17, 15) is 9.59 Å². The Hall–Kier alpha value is -1.14. The van der Waals surface area contributed by atoms with E-state index in [4.69, 9.17) is 20.4 Å². The molecule has 6 heteroatoms. The van der Waals surface area contributed by atoms with Crippen LogP contribution in [0, 0.1) is 5.41 Å². The van der Waals surface area contributed by atoms with Gasteiger partial charge >= 0.3 is 11.9 Å². The Morgan fingerprint density at radius 2 is 1.75 bits per heavy atom. The standard InChI is InChI=1S/C10H18O6/c1-2-3-5-10(8(13)14,9(15)16)6-4-7(11)12/h8,13-14H,2-6H2,1H3,(H,11,12)(H,15,16). The van der Waals surface area contributed by atoms with Gasteiger partial charge in [-0.1, -0.05) is 19.8 Å². The minimum absolute atomic E-state index is 0.0593. The quantitative estimate of drug-likeness (QED) is 0.452. The highest BCUT2D eigenvalue weighted by Gasteiger charge is 2.44. The van der Waals surface area contributed by atoms with Crippen molar-refractivity contribution in [3.05, 3.63) is 0 Å². The van der Waals surface area contributed by atoms with Gasteiger partial charge in [-0.25, -0.2) is 0 Å². The van der Waals surface area contributed by atoms with Crippen LogP contribution in [-0.4, -0.2) is 38.7 Å². The summed E-state index contributed by atoms with van der Waals surface area (Å²) in [6, 6.07) is 0. The smallest absolute Gasteiger partial charge is 0.314 e. The number of carbonyl (C=O) groups is 2. The van der Waals surface area contributed by atoms with E-state index in [2.05, 4.69) is 0 Å². The van der Waals surface area contributed by atoms with Crippen LogP contribution in [0.5, 0.6) is 0 Å². The van der Waals surface area contributed by atoms with E-state index in [-0.39, 0.29) is 12.8 Å². The number of aliphatic hydroxyl groups excluding tert-OH is 1. The van der Waals surface area contributed by atoms with Crippen molar-refractivity contribution in [2.75, 3.05) is 0 Å². The molecule has 4 N–H and O–H groups in total. The third kappa shape index (κ3) is 3.79. The topological polar surface area (TPSA) is 115 Å². The molecule has 6 nitrogen and oxygen atoms in total. The van der Waals surface area contributed by atoms with Crippen LogP contribution in [0.15, 0.2) is 0 Å². The van der Waals surface area contributed by atoms with E-state index in [0.717, 1.165) is 0 Å². The molecule has 0 saturated carbocycles. The molecule has 0 fully saturated rings. The Bertz CT molecular complexity index is 250. The first-order valence-corrected chi connectivity index (χ1v) is 5.18.